The van der Waals surface area contributed by atoms with Crippen molar-refractivity contribution in [3.05, 3.63) is 43.0 Å². The lowest BCUT2D eigenvalue weighted by atomic mass is 10.2. The van der Waals surface area contributed by atoms with Crippen molar-refractivity contribution >= 4 is 23.6 Å². The summed E-state index contributed by atoms with van der Waals surface area (Å²) < 4.78 is 0. The molecule has 0 saturated heterocycles. The first-order chi connectivity index (χ1) is 7.17. The number of halogens is 1. The van der Waals surface area contributed by atoms with Crippen LogP contribution in [0.25, 0.3) is 0 Å². The first-order valence-corrected chi connectivity index (χ1v) is 9.24. The van der Waals surface area contributed by atoms with E-state index in [0.29, 0.717) is 0 Å². The molecule has 0 spiro atoms. The van der Waals surface area contributed by atoms with Crippen LogP contribution in [0, 0.1) is 0 Å². The van der Waals surface area contributed by atoms with Crippen LogP contribution in [-0.2, 0) is 0 Å². The van der Waals surface area contributed by atoms with Crippen LogP contribution in [0.4, 0.5) is 0 Å². The molecule has 0 fully saturated rings. The highest BCUT2D eigenvalue weighted by molar-refractivity contribution is 7.26. The van der Waals surface area contributed by atoms with Crippen molar-refractivity contribution in [1.82, 2.24) is 0 Å². The first-order valence-electron chi connectivity index (χ1n) is 5.52. The molecule has 2 heteroatoms. The minimum absolute atomic E-state index is 1.11. The van der Waals surface area contributed by atoms with Crippen LogP contribution in [-0.4, -0.2) is 7.38 Å². The molecule has 0 aliphatic rings. The third-order valence-corrected chi connectivity index (χ3v) is 6.73. The van der Waals surface area contributed by atoms with Gasteiger partial charge in [-0.1, -0.05) is 55.8 Å². The molecular formula is C13H19ClSi. The van der Waals surface area contributed by atoms with Gasteiger partial charge in [-0.25, -0.2) is 0 Å². The van der Waals surface area contributed by atoms with Crippen LogP contribution >= 0.6 is 11.1 Å². The maximum absolute atomic E-state index is 6.65. The van der Waals surface area contributed by atoms with Crippen molar-refractivity contribution in [2.24, 2.45) is 0 Å². The molecule has 0 radical (unpaired) electrons. The topological polar surface area (TPSA) is 0 Å². The van der Waals surface area contributed by atoms with Crippen molar-refractivity contribution in [2.45, 2.75) is 31.9 Å². The molecule has 1 unspecified atom stereocenters. The molecule has 0 saturated carbocycles. The van der Waals surface area contributed by atoms with Gasteiger partial charge >= 0.3 is 0 Å². The van der Waals surface area contributed by atoms with Gasteiger partial charge in [0.15, 0.2) is 7.38 Å². The maximum Gasteiger partial charge on any atom is 0.183 e. The maximum atomic E-state index is 6.65. The first kappa shape index (κ1) is 12.5. The zero-order valence-electron chi connectivity index (χ0n) is 9.38. The van der Waals surface area contributed by atoms with Crippen molar-refractivity contribution in [3.8, 4) is 0 Å². The summed E-state index contributed by atoms with van der Waals surface area (Å²) in [7, 11) is -1.69. The summed E-state index contributed by atoms with van der Waals surface area (Å²) in [5, 5.41) is 1.35. The predicted octanol–water partition coefficient (Wildman–Crippen LogP) is 4.06. The molecule has 0 N–H and O–H groups in total. The normalized spacial score (nSPS) is 14.5. The van der Waals surface area contributed by atoms with E-state index in [9.17, 15) is 0 Å². The standard InChI is InChI=1S/C13H19ClSi/c1-3-4-5-9-12-15(2,14)13-10-7-6-8-11-13/h3,6-8,10-11H,1,4-5,9,12H2,2H3. The zero-order chi connectivity index (χ0) is 11.1. The second-order valence-corrected chi connectivity index (χ2v) is 10.1. The minimum atomic E-state index is -1.69. The van der Waals surface area contributed by atoms with Gasteiger partial charge in [-0.3, -0.25) is 0 Å². The fourth-order valence-electron chi connectivity index (χ4n) is 1.68. The lowest BCUT2D eigenvalue weighted by Crippen LogP contribution is -2.38. The van der Waals surface area contributed by atoms with Crippen LogP contribution in [0.2, 0.25) is 12.6 Å². The number of benzene rings is 1. The van der Waals surface area contributed by atoms with E-state index in [1.54, 1.807) is 0 Å². The predicted molar refractivity (Wildman–Crippen MR) is 72.4 cm³/mol. The van der Waals surface area contributed by atoms with Crippen LogP contribution in [0.1, 0.15) is 19.3 Å². The molecular weight excluding hydrogens is 220 g/mol. The molecule has 0 aromatic heterocycles. The Balaban J connectivity index is 2.48. The molecule has 0 heterocycles. The Hall–Kier alpha value is -0.533. The van der Waals surface area contributed by atoms with E-state index in [0.717, 1.165) is 12.5 Å². The van der Waals surface area contributed by atoms with Crippen LogP contribution in [0.15, 0.2) is 43.0 Å². The van der Waals surface area contributed by atoms with Crippen LogP contribution < -0.4 is 5.19 Å². The molecule has 0 amide bonds. The van der Waals surface area contributed by atoms with E-state index in [1.807, 2.05) is 12.1 Å². The Morgan fingerprint density at radius 1 is 1.27 bits per heavy atom. The molecule has 15 heavy (non-hydrogen) atoms. The summed E-state index contributed by atoms with van der Waals surface area (Å²) in [5.74, 6) is 0. The van der Waals surface area contributed by atoms with E-state index < -0.39 is 7.38 Å². The molecule has 1 aromatic rings. The van der Waals surface area contributed by atoms with Gasteiger partial charge in [0.2, 0.25) is 0 Å². The second kappa shape index (κ2) is 6.14. The van der Waals surface area contributed by atoms with Gasteiger partial charge in [-0.15, -0.1) is 6.58 Å². The zero-order valence-corrected chi connectivity index (χ0v) is 11.1. The molecule has 1 atom stereocenters. The fraction of sp³-hybridized carbons (Fsp3) is 0.385. The highest BCUT2D eigenvalue weighted by Crippen LogP contribution is 2.19. The number of allylic oxidation sites excluding steroid dienone is 1. The lowest BCUT2D eigenvalue weighted by molar-refractivity contribution is 0.808. The molecule has 82 valence electrons. The smallest absolute Gasteiger partial charge is 0.161 e. The van der Waals surface area contributed by atoms with Gasteiger partial charge in [0, 0.05) is 0 Å². The number of unbranched alkanes of at least 4 members (excludes halogenated alkanes) is 2. The number of hydrogen-bond donors (Lipinski definition) is 0. The van der Waals surface area contributed by atoms with Gasteiger partial charge in [0.1, 0.15) is 0 Å². The highest BCUT2D eigenvalue weighted by Gasteiger charge is 2.25. The Labute approximate surface area is 98.7 Å². The van der Waals surface area contributed by atoms with Gasteiger partial charge in [0.05, 0.1) is 0 Å². The molecule has 0 bridgehead atoms. The molecule has 0 nitrogen and oxygen atoms in total. The lowest BCUT2D eigenvalue weighted by Gasteiger charge is -2.19. The van der Waals surface area contributed by atoms with E-state index in [-0.39, 0.29) is 0 Å². The minimum Gasteiger partial charge on any atom is -0.161 e. The average molecular weight is 239 g/mol. The Bertz CT molecular complexity index is 293. The summed E-state index contributed by atoms with van der Waals surface area (Å²) in [6, 6.07) is 11.7. The van der Waals surface area contributed by atoms with E-state index >= 15 is 0 Å². The third kappa shape index (κ3) is 4.23. The summed E-state index contributed by atoms with van der Waals surface area (Å²) in [6.45, 7) is 5.97. The van der Waals surface area contributed by atoms with Crippen molar-refractivity contribution in [3.63, 3.8) is 0 Å². The quantitative estimate of drug-likeness (QED) is 0.304. The average Bonchev–Trinajstić information content (AvgIpc) is 2.26. The third-order valence-electron chi connectivity index (χ3n) is 2.68. The van der Waals surface area contributed by atoms with E-state index in [4.69, 9.17) is 11.1 Å². The second-order valence-electron chi connectivity index (χ2n) is 4.10. The fourth-order valence-corrected chi connectivity index (χ4v) is 4.54. The molecule has 1 rings (SSSR count). The van der Waals surface area contributed by atoms with Crippen molar-refractivity contribution in [2.75, 3.05) is 0 Å². The molecule has 0 aliphatic carbocycles. The summed E-state index contributed by atoms with van der Waals surface area (Å²) in [4.78, 5) is 0. The van der Waals surface area contributed by atoms with E-state index in [1.165, 1.54) is 18.0 Å². The monoisotopic (exact) mass is 238 g/mol. The Kier molecular flexibility index (Phi) is 5.13. The SMILES string of the molecule is C=CCCCC[Si](C)(Cl)c1ccccc1. The van der Waals surface area contributed by atoms with E-state index in [2.05, 4.69) is 37.4 Å². The van der Waals surface area contributed by atoms with Gasteiger partial charge in [0.25, 0.3) is 0 Å². The summed E-state index contributed by atoms with van der Waals surface area (Å²) in [6.07, 6.45) is 5.52. The molecule has 1 aromatic carbocycles. The number of rotatable bonds is 6. The van der Waals surface area contributed by atoms with Crippen molar-refractivity contribution in [1.29, 1.82) is 0 Å². The van der Waals surface area contributed by atoms with Crippen molar-refractivity contribution < 1.29 is 0 Å². The largest absolute Gasteiger partial charge is 0.183 e. The van der Waals surface area contributed by atoms with Crippen LogP contribution in [0.5, 0.6) is 0 Å². The van der Waals surface area contributed by atoms with Gasteiger partial charge in [-0.05, 0) is 17.7 Å². The van der Waals surface area contributed by atoms with Crippen LogP contribution in [0.3, 0.4) is 0 Å². The highest BCUT2D eigenvalue weighted by atomic mass is 35.6. The molecule has 0 aliphatic heterocycles. The van der Waals surface area contributed by atoms with Gasteiger partial charge < -0.3 is 0 Å². The Morgan fingerprint density at radius 3 is 2.53 bits per heavy atom. The number of hydrogen-bond acceptors (Lipinski definition) is 0. The summed E-state index contributed by atoms with van der Waals surface area (Å²) >= 11 is 6.65. The Morgan fingerprint density at radius 2 is 1.93 bits per heavy atom. The summed E-state index contributed by atoms with van der Waals surface area (Å²) in [5.41, 5.74) is 0. The van der Waals surface area contributed by atoms with Gasteiger partial charge in [-0.2, -0.15) is 11.1 Å².